The number of nitrogens with zero attached hydrogens (tertiary/aromatic N) is 3. The fourth-order valence-electron chi connectivity index (χ4n) is 4.84. The van der Waals surface area contributed by atoms with Crippen LogP contribution < -0.4 is 0 Å². The minimum Gasteiger partial charge on any atom is -0.339 e. The lowest BCUT2D eigenvalue weighted by Crippen LogP contribution is -2.46. The second-order valence-electron chi connectivity index (χ2n) is 8.89. The van der Waals surface area contributed by atoms with Crippen molar-refractivity contribution in [1.82, 2.24) is 14.8 Å². The second kappa shape index (κ2) is 11.5. The van der Waals surface area contributed by atoms with Crippen molar-refractivity contribution in [2.45, 2.75) is 36.7 Å². The summed E-state index contributed by atoms with van der Waals surface area (Å²) in [5, 5.41) is 0. The molecule has 33 heavy (non-hydrogen) atoms. The van der Waals surface area contributed by atoms with Crippen molar-refractivity contribution in [2.24, 2.45) is 5.92 Å². The number of thioether (sulfide) groups is 1. The van der Waals surface area contributed by atoms with E-state index in [4.69, 9.17) is 0 Å². The number of carbonyl (C=O) groups is 1. The number of hydrogen-bond donors (Lipinski definition) is 0. The first-order valence-corrected chi connectivity index (χ1v) is 12.9. The number of carbonyl (C=O) groups excluding carboxylic acids is 1. The van der Waals surface area contributed by atoms with Crippen LogP contribution in [0.15, 0.2) is 84.0 Å². The summed E-state index contributed by atoms with van der Waals surface area (Å²) in [6.45, 7) is 2.52. The van der Waals surface area contributed by atoms with Crippen LogP contribution in [0.2, 0.25) is 0 Å². The molecule has 4 rings (SSSR count). The molecule has 172 valence electrons. The van der Waals surface area contributed by atoms with E-state index in [1.54, 1.807) is 11.8 Å². The van der Waals surface area contributed by atoms with Gasteiger partial charge < -0.3 is 4.90 Å². The largest absolute Gasteiger partial charge is 0.339 e. The molecular formula is C28H33N3OS. The summed E-state index contributed by atoms with van der Waals surface area (Å²) in [5.74, 6) is 0.708. The molecule has 1 fully saturated rings. The van der Waals surface area contributed by atoms with Gasteiger partial charge in [-0.3, -0.25) is 14.7 Å². The zero-order valence-electron chi connectivity index (χ0n) is 19.6. The number of hydrogen-bond acceptors (Lipinski definition) is 4. The molecule has 1 unspecified atom stereocenters. The Morgan fingerprint density at radius 2 is 1.73 bits per heavy atom. The van der Waals surface area contributed by atoms with Crippen LogP contribution in [0.3, 0.4) is 0 Å². The average Bonchev–Trinajstić information content (AvgIpc) is 2.88. The van der Waals surface area contributed by atoms with Crippen LogP contribution in [0.4, 0.5) is 0 Å². The molecular weight excluding hydrogens is 426 g/mol. The Labute approximate surface area is 202 Å². The van der Waals surface area contributed by atoms with Crippen LogP contribution in [0, 0.1) is 5.92 Å². The highest BCUT2D eigenvalue weighted by Gasteiger charge is 2.31. The molecule has 1 saturated heterocycles. The third kappa shape index (κ3) is 6.24. The van der Waals surface area contributed by atoms with Gasteiger partial charge in [-0.2, -0.15) is 0 Å². The summed E-state index contributed by atoms with van der Waals surface area (Å²) in [6, 6.07) is 23.3. The Kier molecular flexibility index (Phi) is 8.19. The topological polar surface area (TPSA) is 36.4 Å². The molecule has 1 amide bonds. The Balaban J connectivity index is 1.43. The summed E-state index contributed by atoms with van der Waals surface area (Å²) >= 11 is 1.70. The zero-order valence-corrected chi connectivity index (χ0v) is 20.4. The quantitative estimate of drug-likeness (QED) is 0.423. The molecule has 0 saturated carbocycles. The van der Waals surface area contributed by atoms with Crippen molar-refractivity contribution >= 4 is 17.7 Å². The molecule has 1 aromatic heterocycles. The minimum atomic E-state index is 0.157. The molecule has 2 heterocycles. The molecule has 0 N–H and O–H groups in total. The lowest BCUT2D eigenvalue weighted by molar-refractivity contribution is 0.0603. The van der Waals surface area contributed by atoms with E-state index in [0.717, 1.165) is 44.5 Å². The first-order valence-electron chi connectivity index (χ1n) is 11.7. The van der Waals surface area contributed by atoms with Gasteiger partial charge in [-0.1, -0.05) is 36.4 Å². The lowest BCUT2D eigenvalue weighted by Gasteiger charge is -2.40. The van der Waals surface area contributed by atoms with E-state index in [0.29, 0.717) is 12.0 Å². The predicted molar refractivity (Wildman–Crippen MR) is 136 cm³/mol. The molecule has 0 spiro atoms. The van der Waals surface area contributed by atoms with Crippen LogP contribution >= 0.6 is 11.8 Å². The maximum absolute atomic E-state index is 13.0. The molecule has 1 aliphatic rings. The van der Waals surface area contributed by atoms with Gasteiger partial charge in [-0.25, -0.2) is 0 Å². The Morgan fingerprint density at radius 1 is 1.03 bits per heavy atom. The molecule has 0 bridgehead atoms. The van der Waals surface area contributed by atoms with Crippen molar-refractivity contribution in [3.63, 3.8) is 0 Å². The molecule has 2 aromatic carbocycles. The van der Waals surface area contributed by atoms with E-state index >= 15 is 0 Å². The zero-order chi connectivity index (χ0) is 23.0. The van der Waals surface area contributed by atoms with E-state index in [9.17, 15) is 4.79 Å². The van der Waals surface area contributed by atoms with Gasteiger partial charge >= 0.3 is 0 Å². The first-order chi connectivity index (χ1) is 16.1. The standard InChI is InChI=1S/C28H33N3OS/c1-30(21-23-9-6-16-29-20-23)27(19-22-7-4-3-5-8-22)24-14-17-31(18-15-24)28(32)25-10-12-26(33-2)13-11-25/h3-13,16,20,24,27H,14-15,17-19,21H2,1-2H3. The summed E-state index contributed by atoms with van der Waals surface area (Å²) in [7, 11) is 2.23. The van der Waals surface area contributed by atoms with E-state index in [2.05, 4.69) is 59.6 Å². The predicted octanol–water partition coefficient (Wildman–Crippen LogP) is 5.40. The summed E-state index contributed by atoms with van der Waals surface area (Å²) in [4.78, 5) is 23.0. The highest BCUT2D eigenvalue weighted by molar-refractivity contribution is 7.98. The van der Waals surface area contributed by atoms with E-state index in [1.165, 1.54) is 16.0 Å². The third-order valence-corrected chi connectivity index (χ3v) is 7.46. The van der Waals surface area contributed by atoms with E-state index < -0.39 is 0 Å². The van der Waals surface area contributed by atoms with Gasteiger partial charge in [0.05, 0.1) is 0 Å². The van der Waals surface area contributed by atoms with Gasteiger partial charge in [0.25, 0.3) is 5.91 Å². The Morgan fingerprint density at radius 3 is 2.36 bits per heavy atom. The molecule has 1 atom stereocenters. The van der Waals surface area contributed by atoms with Crippen molar-refractivity contribution in [3.05, 3.63) is 95.8 Å². The van der Waals surface area contributed by atoms with Gasteiger partial charge in [0.2, 0.25) is 0 Å². The number of amides is 1. The third-order valence-electron chi connectivity index (χ3n) is 6.72. The number of likely N-dealkylation sites (N-methyl/N-ethyl adjacent to an activating group) is 1. The van der Waals surface area contributed by atoms with E-state index in [1.807, 2.05) is 47.6 Å². The van der Waals surface area contributed by atoms with Crippen LogP contribution in [0.1, 0.15) is 34.3 Å². The number of benzene rings is 2. The molecule has 5 heteroatoms. The van der Waals surface area contributed by atoms with Crippen LogP contribution in [-0.4, -0.2) is 53.1 Å². The average molecular weight is 460 g/mol. The van der Waals surface area contributed by atoms with Crippen LogP contribution in [-0.2, 0) is 13.0 Å². The van der Waals surface area contributed by atoms with Crippen LogP contribution in [0.5, 0.6) is 0 Å². The number of likely N-dealkylation sites (tertiary alicyclic amines) is 1. The Hall–Kier alpha value is -2.63. The number of piperidine rings is 1. The first kappa shape index (κ1) is 23.5. The minimum absolute atomic E-state index is 0.157. The smallest absolute Gasteiger partial charge is 0.253 e. The van der Waals surface area contributed by atoms with Crippen molar-refractivity contribution in [2.75, 3.05) is 26.4 Å². The molecule has 4 nitrogen and oxygen atoms in total. The molecule has 0 radical (unpaired) electrons. The molecule has 1 aliphatic heterocycles. The van der Waals surface area contributed by atoms with Crippen molar-refractivity contribution < 1.29 is 4.79 Å². The highest BCUT2D eigenvalue weighted by atomic mass is 32.2. The number of rotatable bonds is 8. The normalized spacial score (nSPS) is 15.5. The molecule has 3 aromatic rings. The summed E-state index contributed by atoms with van der Waals surface area (Å²) in [6.07, 6.45) is 8.92. The highest BCUT2D eigenvalue weighted by Crippen LogP contribution is 2.28. The summed E-state index contributed by atoms with van der Waals surface area (Å²) in [5.41, 5.74) is 3.40. The molecule has 0 aliphatic carbocycles. The Bertz CT molecular complexity index is 1000. The monoisotopic (exact) mass is 459 g/mol. The number of pyridine rings is 1. The van der Waals surface area contributed by atoms with Gasteiger partial charge in [-0.05, 0) is 79.9 Å². The fourth-order valence-corrected chi connectivity index (χ4v) is 5.25. The van der Waals surface area contributed by atoms with Gasteiger partial charge in [0.1, 0.15) is 0 Å². The maximum atomic E-state index is 13.0. The maximum Gasteiger partial charge on any atom is 0.253 e. The van der Waals surface area contributed by atoms with Gasteiger partial charge in [-0.15, -0.1) is 11.8 Å². The lowest BCUT2D eigenvalue weighted by atomic mass is 9.84. The van der Waals surface area contributed by atoms with Gasteiger partial charge in [0.15, 0.2) is 0 Å². The van der Waals surface area contributed by atoms with Gasteiger partial charge in [0, 0.05) is 48.5 Å². The fraction of sp³-hybridized carbons (Fsp3) is 0.357. The number of aromatic nitrogens is 1. The van der Waals surface area contributed by atoms with Crippen molar-refractivity contribution in [1.29, 1.82) is 0 Å². The van der Waals surface area contributed by atoms with Crippen LogP contribution in [0.25, 0.3) is 0 Å². The van der Waals surface area contributed by atoms with Crippen molar-refractivity contribution in [3.8, 4) is 0 Å². The van der Waals surface area contributed by atoms with E-state index in [-0.39, 0.29) is 5.91 Å². The summed E-state index contributed by atoms with van der Waals surface area (Å²) < 4.78 is 0. The second-order valence-corrected chi connectivity index (χ2v) is 9.77. The SMILES string of the molecule is CSc1ccc(C(=O)N2CCC(C(Cc3ccccc3)N(C)Cc3cccnc3)CC2)cc1.